The molecule has 0 bridgehead atoms. The maximum absolute atomic E-state index is 14.1. The van der Waals surface area contributed by atoms with E-state index in [1.165, 1.54) is 12.1 Å². The van der Waals surface area contributed by atoms with Crippen LogP contribution in [0.15, 0.2) is 23.4 Å². The van der Waals surface area contributed by atoms with Gasteiger partial charge in [0.25, 0.3) is 5.91 Å². The van der Waals surface area contributed by atoms with Gasteiger partial charge in [0.15, 0.2) is 0 Å². The first-order valence-electron chi connectivity index (χ1n) is 9.71. The van der Waals surface area contributed by atoms with Crippen LogP contribution in [0.5, 0.6) is 0 Å². The van der Waals surface area contributed by atoms with Crippen molar-refractivity contribution < 1.29 is 22.4 Å². The molecule has 0 aromatic heterocycles. The van der Waals surface area contributed by atoms with Crippen LogP contribution in [0.25, 0.3) is 0 Å². The Morgan fingerprint density at radius 2 is 1.93 bits per heavy atom. The van der Waals surface area contributed by atoms with Crippen molar-refractivity contribution >= 4 is 33.0 Å². The summed E-state index contributed by atoms with van der Waals surface area (Å²) in [5.74, 6) is -0.602. The molecule has 1 aromatic rings. The summed E-state index contributed by atoms with van der Waals surface area (Å²) in [5, 5.41) is 6.61. The molecule has 0 atom stereocenters. The van der Waals surface area contributed by atoms with Gasteiger partial charge >= 0.3 is 0 Å². The van der Waals surface area contributed by atoms with Crippen molar-refractivity contribution in [3.8, 4) is 0 Å². The molecule has 0 radical (unpaired) electrons. The summed E-state index contributed by atoms with van der Waals surface area (Å²) in [4.78, 5) is 18.2. The van der Waals surface area contributed by atoms with Crippen molar-refractivity contribution in [2.24, 2.45) is 16.5 Å². The van der Waals surface area contributed by atoms with Crippen LogP contribution >= 0.6 is 0 Å². The molecule has 2 aliphatic rings. The molecule has 1 saturated carbocycles. The Labute approximate surface area is 171 Å². The van der Waals surface area contributed by atoms with Crippen LogP contribution in [0.3, 0.4) is 0 Å². The topological polar surface area (TPSA) is 96.9 Å². The molecular weight excluding hydrogens is 397 g/mol. The second-order valence-electron chi connectivity index (χ2n) is 9.15. The van der Waals surface area contributed by atoms with Crippen LogP contribution < -0.4 is 10.0 Å². The maximum Gasteiger partial charge on any atom is 0.273 e. The van der Waals surface area contributed by atoms with Gasteiger partial charge in [0.1, 0.15) is 17.1 Å². The molecule has 1 amide bonds. The molecule has 1 aromatic carbocycles. The second-order valence-corrected chi connectivity index (χ2v) is 10.9. The number of benzene rings is 1. The molecule has 2 N–H and O–H groups in total. The van der Waals surface area contributed by atoms with E-state index in [4.69, 9.17) is 4.84 Å². The van der Waals surface area contributed by atoms with Gasteiger partial charge < -0.3 is 10.2 Å². The third-order valence-corrected chi connectivity index (χ3v) is 6.34. The summed E-state index contributed by atoms with van der Waals surface area (Å²) >= 11 is 0. The van der Waals surface area contributed by atoms with Crippen LogP contribution in [-0.2, 0) is 19.7 Å². The van der Waals surface area contributed by atoms with Gasteiger partial charge in [-0.2, -0.15) is 0 Å². The number of oxime groups is 1. The van der Waals surface area contributed by atoms with E-state index in [0.29, 0.717) is 12.3 Å². The van der Waals surface area contributed by atoms with Crippen molar-refractivity contribution in [2.75, 3.05) is 16.3 Å². The molecule has 1 fully saturated rings. The fourth-order valence-electron chi connectivity index (χ4n) is 4.00. The molecule has 7 nitrogen and oxygen atoms in total. The molecule has 160 valence electrons. The zero-order valence-electron chi connectivity index (χ0n) is 17.2. The molecule has 3 rings (SSSR count). The van der Waals surface area contributed by atoms with E-state index in [2.05, 4.69) is 36.0 Å². The quantitative estimate of drug-likeness (QED) is 0.765. The molecule has 29 heavy (non-hydrogen) atoms. The van der Waals surface area contributed by atoms with Gasteiger partial charge in [-0.05, 0) is 55.2 Å². The molecule has 1 heterocycles. The smallest absolute Gasteiger partial charge is 0.273 e. The molecule has 1 spiro atoms. The number of rotatable bonds is 4. The summed E-state index contributed by atoms with van der Waals surface area (Å²) < 4.78 is 38.6. The number of hydrogen-bond acceptors (Lipinski definition) is 5. The molecule has 9 heteroatoms. The Bertz CT molecular complexity index is 930. The minimum Gasteiger partial charge on any atom is -0.388 e. The second kappa shape index (κ2) is 7.59. The van der Waals surface area contributed by atoms with E-state index < -0.39 is 27.3 Å². The number of carbonyl (C=O) groups is 1. The van der Waals surface area contributed by atoms with Crippen molar-refractivity contribution in [2.45, 2.75) is 58.5 Å². The van der Waals surface area contributed by atoms with Gasteiger partial charge in [0.05, 0.1) is 11.9 Å². The van der Waals surface area contributed by atoms with Crippen LogP contribution in [0.2, 0.25) is 0 Å². The number of sulfonamides is 1. The third kappa shape index (κ3) is 5.26. The fourth-order valence-corrected chi connectivity index (χ4v) is 4.56. The standard InChI is InChI=1S/C20H28FN3O4S/c1-19(2,3)13-7-9-20(10-8-13)12-17(23-28-20)18(25)22-14-5-6-16(15(21)11-14)24-29(4,26)27/h5-6,11,13,24H,7-10,12H2,1-4H3,(H,22,25). The zero-order valence-corrected chi connectivity index (χ0v) is 18.0. The Hall–Kier alpha value is -2.16. The van der Waals surface area contributed by atoms with E-state index in [9.17, 15) is 17.6 Å². The molecular formula is C20H28FN3O4S. The Morgan fingerprint density at radius 1 is 1.28 bits per heavy atom. The van der Waals surface area contributed by atoms with Gasteiger partial charge in [-0.3, -0.25) is 9.52 Å². The average molecular weight is 426 g/mol. The number of halogens is 1. The highest BCUT2D eigenvalue weighted by Crippen LogP contribution is 2.46. The number of nitrogens with zero attached hydrogens (tertiary/aromatic N) is 1. The van der Waals surface area contributed by atoms with Gasteiger partial charge in [-0.25, -0.2) is 12.8 Å². The highest BCUT2D eigenvalue weighted by atomic mass is 32.2. The fraction of sp³-hybridized carbons (Fsp3) is 0.600. The van der Waals surface area contributed by atoms with Gasteiger partial charge in [0.2, 0.25) is 10.0 Å². The predicted molar refractivity (Wildman–Crippen MR) is 111 cm³/mol. The van der Waals surface area contributed by atoms with Crippen LogP contribution in [-0.4, -0.2) is 31.9 Å². The monoisotopic (exact) mass is 425 g/mol. The van der Waals surface area contributed by atoms with E-state index in [0.717, 1.165) is 38.0 Å². The minimum atomic E-state index is -3.59. The predicted octanol–water partition coefficient (Wildman–Crippen LogP) is 3.89. The largest absolute Gasteiger partial charge is 0.388 e. The summed E-state index contributed by atoms with van der Waals surface area (Å²) in [6.45, 7) is 6.74. The molecule has 0 unspecified atom stereocenters. The summed E-state index contributed by atoms with van der Waals surface area (Å²) in [5.41, 5.74) is 0.165. The highest BCUT2D eigenvalue weighted by molar-refractivity contribution is 7.92. The SMILES string of the molecule is CC(C)(C)C1CCC2(CC1)CC(C(=O)Nc1ccc(NS(C)(=O)=O)c(F)c1)=NO2. The first-order chi connectivity index (χ1) is 13.4. The van der Waals surface area contributed by atoms with Crippen molar-refractivity contribution in [3.05, 3.63) is 24.0 Å². The molecule has 1 aliphatic carbocycles. The van der Waals surface area contributed by atoms with Crippen molar-refractivity contribution in [1.82, 2.24) is 0 Å². The number of nitrogens with one attached hydrogen (secondary N) is 2. The lowest BCUT2D eigenvalue weighted by Gasteiger charge is -2.40. The van der Waals surface area contributed by atoms with Gasteiger partial charge in [-0.1, -0.05) is 25.9 Å². The highest BCUT2D eigenvalue weighted by Gasteiger charge is 2.45. The minimum absolute atomic E-state index is 0.179. The van der Waals surface area contributed by atoms with E-state index >= 15 is 0 Å². The normalized spacial score (nSPS) is 24.7. The van der Waals surface area contributed by atoms with E-state index in [1.807, 2.05) is 0 Å². The Morgan fingerprint density at radius 3 is 2.48 bits per heavy atom. The Balaban J connectivity index is 1.59. The lowest BCUT2D eigenvalue weighted by atomic mass is 9.67. The van der Waals surface area contributed by atoms with Gasteiger partial charge in [0, 0.05) is 12.1 Å². The lowest BCUT2D eigenvalue weighted by molar-refractivity contribution is -0.110. The van der Waals surface area contributed by atoms with E-state index in [1.54, 1.807) is 0 Å². The van der Waals surface area contributed by atoms with Crippen molar-refractivity contribution in [3.63, 3.8) is 0 Å². The summed E-state index contributed by atoms with van der Waals surface area (Å²) in [6, 6.07) is 3.75. The number of amides is 1. The summed E-state index contributed by atoms with van der Waals surface area (Å²) in [7, 11) is -3.59. The molecule has 1 aliphatic heterocycles. The van der Waals surface area contributed by atoms with Crippen LogP contribution in [0.1, 0.15) is 52.9 Å². The number of carbonyl (C=O) groups excluding carboxylic acids is 1. The van der Waals surface area contributed by atoms with Crippen LogP contribution in [0, 0.1) is 17.2 Å². The first-order valence-corrected chi connectivity index (χ1v) is 11.6. The van der Waals surface area contributed by atoms with Gasteiger partial charge in [-0.15, -0.1) is 0 Å². The first kappa shape index (κ1) is 21.5. The lowest BCUT2D eigenvalue weighted by Crippen LogP contribution is -2.38. The third-order valence-electron chi connectivity index (χ3n) is 5.75. The average Bonchev–Trinajstić information content (AvgIpc) is 3.00. The Kier molecular flexibility index (Phi) is 5.64. The van der Waals surface area contributed by atoms with Crippen LogP contribution in [0.4, 0.5) is 15.8 Å². The zero-order chi connectivity index (χ0) is 21.4. The maximum atomic E-state index is 14.1. The molecule has 0 saturated heterocycles. The van der Waals surface area contributed by atoms with E-state index in [-0.39, 0.29) is 22.5 Å². The summed E-state index contributed by atoms with van der Waals surface area (Å²) in [6.07, 6.45) is 5.16. The number of anilines is 2. The van der Waals surface area contributed by atoms with Crippen molar-refractivity contribution in [1.29, 1.82) is 0 Å². The number of hydrogen-bond donors (Lipinski definition) is 2.